The Balaban J connectivity index is 2.00. The Morgan fingerprint density at radius 2 is 1.61 bits per heavy atom. The van der Waals surface area contributed by atoms with Crippen molar-refractivity contribution in [3.05, 3.63) is 59.7 Å². The lowest BCUT2D eigenvalue weighted by Crippen LogP contribution is -2.37. The second kappa shape index (κ2) is 9.78. The first kappa shape index (κ1) is 21.3. The van der Waals surface area contributed by atoms with Crippen molar-refractivity contribution in [2.24, 2.45) is 0 Å². The Morgan fingerprint density at radius 1 is 0.929 bits per heavy atom. The van der Waals surface area contributed by atoms with Crippen molar-refractivity contribution >= 4 is 11.9 Å². The van der Waals surface area contributed by atoms with Crippen molar-refractivity contribution in [1.29, 1.82) is 0 Å². The SMILES string of the molecule is COc1cc(C(=O)OC(C)C(=O)NC(C)c2ccccc2)ccc1OC(C)C. The largest absolute Gasteiger partial charge is 0.493 e. The Hall–Kier alpha value is -3.02. The zero-order valence-corrected chi connectivity index (χ0v) is 16.9. The molecule has 6 nitrogen and oxygen atoms in total. The molecule has 2 aromatic carbocycles. The van der Waals surface area contributed by atoms with Crippen LogP contribution in [0.3, 0.4) is 0 Å². The van der Waals surface area contributed by atoms with E-state index < -0.39 is 12.1 Å². The van der Waals surface area contributed by atoms with Gasteiger partial charge in [-0.2, -0.15) is 0 Å². The number of carbonyl (C=O) groups excluding carboxylic acids is 2. The molecular weight excluding hydrogens is 358 g/mol. The van der Waals surface area contributed by atoms with Gasteiger partial charge >= 0.3 is 5.97 Å². The van der Waals surface area contributed by atoms with Crippen LogP contribution in [0.1, 0.15) is 49.7 Å². The number of hydrogen-bond donors (Lipinski definition) is 1. The topological polar surface area (TPSA) is 73.9 Å². The lowest BCUT2D eigenvalue weighted by atomic mass is 10.1. The van der Waals surface area contributed by atoms with Crippen LogP contribution < -0.4 is 14.8 Å². The predicted molar refractivity (Wildman–Crippen MR) is 107 cm³/mol. The van der Waals surface area contributed by atoms with Crippen LogP contribution in [0.4, 0.5) is 0 Å². The molecule has 6 heteroatoms. The molecule has 2 aromatic rings. The molecule has 0 aliphatic carbocycles. The maximum absolute atomic E-state index is 12.4. The summed E-state index contributed by atoms with van der Waals surface area (Å²) >= 11 is 0. The van der Waals surface area contributed by atoms with E-state index in [1.54, 1.807) is 19.1 Å². The summed E-state index contributed by atoms with van der Waals surface area (Å²) in [5.74, 6) is -0.00433. The smallest absolute Gasteiger partial charge is 0.339 e. The van der Waals surface area contributed by atoms with Gasteiger partial charge in [0.05, 0.1) is 24.8 Å². The molecule has 0 aliphatic heterocycles. The fourth-order valence-electron chi connectivity index (χ4n) is 2.58. The van der Waals surface area contributed by atoms with Gasteiger partial charge in [0.1, 0.15) is 0 Å². The van der Waals surface area contributed by atoms with E-state index >= 15 is 0 Å². The molecular formula is C22H27NO5. The summed E-state index contributed by atoms with van der Waals surface area (Å²) in [7, 11) is 1.50. The maximum Gasteiger partial charge on any atom is 0.339 e. The van der Waals surface area contributed by atoms with Crippen LogP contribution in [0.15, 0.2) is 48.5 Å². The fraction of sp³-hybridized carbons (Fsp3) is 0.364. The Bertz CT molecular complexity index is 804. The van der Waals surface area contributed by atoms with Crippen molar-refractivity contribution in [1.82, 2.24) is 5.32 Å². The highest BCUT2D eigenvalue weighted by molar-refractivity contribution is 5.93. The molecule has 0 radical (unpaired) electrons. The van der Waals surface area contributed by atoms with Crippen LogP contribution in [0.25, 0.3) is 0 Å². The van der Waals surface area contributed by atoms with Crippen molar-refractivity contribution < 1.29 is 23.8 Å². The van der Waals surface area contributed by atoms with E-state index in [1.807, 2.05) is 51.1 Å². The third-order valence-electron chi connectivity index (χ3n) is 4.07. The van der Waals surface area contributed by atoms with Crippen molar-refractivity contribution in [2.75, 3.05) is 7.11 Å². The molecule has 0 saturated carbocycles. The van der Waals surface area contributed by atoms with Crippen LogP contribution in [0, 0.1) is 0 Å². The molecule has 0 bridgehead atoms. The number of amides is 1. The normalized spacial score (nSPS) is 12.8. The monoisotopic (exact) mass is 385 g/mol. The highest BCUT2D eigenvalue weighted by Gasteiger charge is 2.22. The number of ether oxygens (including phenoxy) is 3. The van der Waals surface area contributed by atoms with E-state index in [1.165, 1.54) is 13.2 Å². The zero-order chi connectivity index (χ0) is 20.7. The molecule has 0 aromatic heterocycles. The number of methoxy groups -OCH3 is 1. The first-order valence-corrected chi connectivity index (χ1v) is 9.22. The number of benzene rings is 2. The minimum atomic E-state index is -0.934. The van der Waals surface area contributed by atoms with Gasteiger partial charge in [0.25, 0.3) is 5.91 Å². The van der Waals surface area contributed by atoms with Gasteiger partial charge in [-0.15, -0.1) is 0 Å². The third-order valence-corrected chi connectivity index (χ3v) is 4.07. The molecule has 0 heterocycles. The van der Waals surface area contributed by atoms with Crippen LogP contribution in [-0.4, -0.2) is 31.2 Å². The van der Waals surface area contributed by atoms with Crippen LogP contribution in [0.5, 0.6) is 11.5 Å². The first-order chi connectivity index (χ1) is 13.3. The van der Waals surface area contributed by atoms with Gasteiger partial charge in [0.15, 0.2) is 17.6 Å². The summed E-state index contributed by atoms with van der Waals surface area (Å²) in [5.41, 5.74) is 1.25. The van der Waals surface area contributed by atoms with Crippen molar-refractivity contribution in [2.45, 2.75) is 45.9 Å². The van der Waals surface area contributed by atoms with Crippen molar-refractivity contribution in [3.63, 3.8) is 0 Å². The quantitative estimate of drug-likeness (QED) is 0.698. The van der Waals surface area contributed by atoms with Gasteiger partial charge in [0.2, 0.25) is 0 Å². The summed E-state index contributed by atoms with van der Waals surface area (Å²) in [4.78, 5) is 24.8. The second-order valence-electron chi connectivity index (χ2n) is 6.72. The lowest BCUT2D eigenvalue weighted by molar-refractivity contribution is -0.129. The second-order valence-corrected chi connectivity index (χ2v) is 6.72. The molecule has 0 spiro atoms. The van der Waals surface area contributed by atoms with Crippen LogP contribution in [-0.2, 0) is 9.53 Å². The molecule has 2 atom stereocenters. The number of nitrogens with one attached hydrogen (secondary N) is 1. The number of hydrogen-bond acceptors (Lipinski definition) is 5. The molecule has 0 fully saturated rings. The number of rotatable bonds is 8. The Labute approximate surface area is 165 Å². The van der Waals surface area contributed by atoms with E-state index in [9.17, 15) is 9.59 Å². The van der Waals surface area contributed by atoms with Gasteiger partial charge < -0.3 is 19.5 Å². The maximum atomic E-state index is 12.4. The molecule has 2 unspecified atom stereocenters. The lowest BCUT2D eigenvalue weighted by Gasteiger charge is -2.19. The van der Waals surface area contributed by atoms with Gasteiger partial charge in [0, 0.05) is 0 Å². The molecule has 0 aliphatic rings. The molecule has 150 valence electrons. The number of carbonyl (C=O) groups is 2. The molecule has 0 saturated heterocycles. The summed E-state index contributed by atoms with van der Waals surface area (Å²) in [6, 6.07) is 14.2. The number of esters is 1. The van der Waals surface area contributed by atoms with E-state index in [0.29, 0.717) is 11.5 Å². The Morgan fingerprint density at radius 3 is 2.21 bits per heavy atom. The van der Waals surface area contributed by atoms with Crippen LogP contribution in [0.2, 0.25) is 0 Å². The molecule has 28 heavy (non-hydrogen) atoms. The average molecular weight is 385 g/mol. The first-order valence-electron chi connectivity index (χ1n) is 9.22. The predicted octanol–water partition coefficient (Wildman–Crippen LogP) is 3.91. The average Bonchev–Trinajstić information content (AvgIpc) is 2.68. The summed E-state index contributed by atoms with van der Waals surface area (Å²) in [6.45, 7) is 7.22. The standard InChI is InChI=1S/C22H27NO5/c1-14(2)27-19-12-11-18(13-20(19)26-5)22(25)28-16(4)21(24)23-15(3)17-9-7-6-8-10-17/h6-16H,1-5H3,(H,23,24). The summed E-state index contributed by atoms with van der Waals surface area (Å²) < 4.78 is 16.2. The third kappa shape index (κ3) is 5.74. The van der Waals surface area contributed by atoms with Gasteiger partial charge in [-0.3, -0.25) is 4.79 Å². The zero-order valence-electron chi connectivity index (χ0n) is 16.9. The highest BCUT2D eigenvalue weighted by Crippen LogP contribution is 2.29. The molecule has 2 rings (SSSR count). The van der Waals surface area contributed by atoms with Gasteiger partial charge in [-0.25, -0.2) is 4.79 Å². The van der Waals surface area contributed by atoms with Crippen LogP contribution >= 0.6 is 0 Å². The Kier molecular flexibility index (Phi) is 7.44. The molecule has 1 N–H and O–H groups in total. The van der Waals surface area contributed by atoms with Crippen molar-refractivity contribution in [3.8, 4) is 11.5 Å². The van der Waals surface area contributed by atoms with E-state index in [-0.39, 0.29) is 23.6 Å². The van der Waals surface area contributed by atoms with Gasteiger partial charge in [-0.05, 0) is 51.5 Å². The molecule has 1 amide bonds. The van der Waals surface area contributed by atoms with E-state index in [0.717, 1.165) is 5.56 Å². The minimum Gasteiger partial charge on any atom is -0.493 e. The summed E-state index contributed by atoms with van der Waals surface area (Å²) in [5, 5.41) is 2.85. The van der Waals surface area contributed by atoms with E-state index in [4.69, 9.17) is 14.2 Å². The van der Waals surface area contributed by atoms with Gasteiger partial charge in [-0.1, -0.05) is 30.3 Å². The minimum absolute atomic E-state index is 0.0259. The highest BCUT2D eigenvalue weighted by atomic mass is 16.5. The summed E-state index contributed by atoms with van der Waals surface area (Å²) in [6.07, 6.45) is -0.960. The van der Waals surface area contributed by atoms with E-state index in [2.05, 4.69) is 5.32 Å². The fourth-order valence-corrected chi connectivity index (χ4v) is 2.58.